The predicted molar refractivity (Wildman–Crippen MR) is 33.2 cm³/mol. The minimum absolute atomic E-state index is 0. The van der Waals surface area contributed by atoms with Crippen LogP contribution < -0.4 is 28.8 Å². The molecule has 0 fully saturated rings. The van der Waals surface area contributed by atoms with Crippen molar-refractivity contribution >= 4 is 131 Å². The maximum atomic E-state index is 8.80. The van der Waals surface area contributed by atoms with Crippen molar-refractivity contribution in [3.05, 3.63) is 0 Å². The zero-order chi connectivity index (χ0) is 9.00. The van der Waals surface area contributed by atoms with Crippen LogP contribution >= 0.6 is 0 Å². The third-order valence-corrected chi connectivity index (χ3v) is 0. The molecule has 0 atom stereocenters. The quantitative estimate of drug-likeness (QED) is 0.414. The van der Waals surface area contributed by atoms with Crippen molar-refractivity contribution in [3.63, 3.8) is 0 Å². The van der Waals surface area contributed by atoms with Gasteiger partial charge in [0, 0.05) is 0 Å². The normalized spacial score (nSPS) is 9.23. The van der Waals surface area contributed by atoms with Crippen molar-refractivity contribution in [2.24, 2.45) is 0 Å². The van der Waals surface area contributed by atoms with Crippen LogP contribution in [-0.2, 0) is 0 Å². The summed E-state index contributed by atoms with van der Waals surface area (Å²) in [4.78, 5) is 66.1. The maximum Gasteiger partial charge on any atom is 2.00 e. The largest absolute Gasteiger partial charge is 2.00 e. The Morgan fingerprint density at radius 2 is 0.615 bits per heavy atom. The first-order chi connectivity index (χ1) is 4.00. The minimum Gasteiger partial charge on any atom is -0.894 e. The topological polar surface area (TPSA) is 179 Å². The Hall–Kier alpha value is 3.89. The molecule has 0 aromatic rings. The SMILES string of the molecule is [Ca+2].[Ca+2].[Ca+2].[O-][Si]([O-])(O)O.[O-][Si]([O-])([O-])[O-]. The van der Waals surface area contributed by atoms with Gasteiger partial charge in [-0.1, -0.05) is 0 Å². The van der Waals surface area contributed by atoms with E-state index in [9.17, 15) is 0 Å². The van der Waals surface area contributed by atoms with Crippen LogP contribution in [0.4, 0.5) is 0 Å². The molecule has 0 aliphatic heterocycles. The fraction of sp³-hybridized carbons (Fsp3) is 0. The number of rotatable bonds is 0. The number of hydrogen-bond acceptors (Lipinski definition) is 8. The van der Waals surface area contributed by atoms with Crippen LogP contribution in [0.5, 0.6) is 0 Å². The molecule has 0 aliphatic rings. The second-order valence-corrected chi connectivity index (χ2v) is 3.15. The van der Waals surface area contributed by atoms with Gasteiger partial charge in [-0.25, -0.2) is 0 Å². The second kappa shape index (κ2) is 14.0. The summed E-state index contributed by atoms with van der Waals surface area (Å²) < 4.78 is 0. The molecule has 2 N–H and O–H groups in total. The van der Waals surface area contributed by atoms with Gasteiger partial charge < -0.3 is 47.4 Å². The van der Waals surface area contributed by atoms with Gasteiger partial charge in [-0.15, -0.1) is 0 Å². The Morgan fingerprint density at radius 1 is 0.615 bits per heavy atom. The van der Waals surface area contributed by atoms with Crippen LogP contribution in [0.2, 0.25) is 0 Å². The van der Waals surface area contributed by atoms with E-state index in [0.717, 1.165) is 0 Å². The molecule has 0 heterocycles. The Bertz CT molecular complexity index is 60.4. The first-order valence-electron chi connectivity index (χ1n) is 1.67. The van der Waals surface area contributed by atoms with E-state index in [2.05, 4.69) is 0 Å². The van der Waals surface area contributed by atoms with E-state index in [0.29, 0.717) is 0 Å². The smallest absolute Gasteiger partial charge is 0.894 e. The van der Waals surface area contributed by atoms with Gasteiger partial charge in [0.05, 0.1) is 0 Å². The molecule has 0 aliphatic carbocycles. The molecule has 13 heteroatoms. The van der Waals surface area contributed by atoms with Crippen LogP contribution in [0, 0.1) is 0 Å². The van der Waals surface area contributed by atoms with Crippen molar-refractivity contribution in [1.29, 1.82) is 0 Å². The Labute approximate surface area is 166 Å². The van der Waals surface area contributed by atoms with Gasteiger partial charge in [-0.3, -0.25) is 0 Å². The molecule has 0 aromatic carbocycles. The molecule has 0 saturated carbocycles. The molecule has 0 saturated heterocycles. The molecule has 8 nitrogen and oxygen atoms in total. The first-order valence-corrected chi connectivity index (χ1v) is 5.02. The van der Waals surface area contributed by atoms with Gasteiger partial charge in [-0.2, -0.15) is 0 Å². The van der Waals surface area contributed by atoms with Crippen molar-refractivity contribution < 1.29 is 38.4 Å². The molecular weight excluding hydrogens is 304 g/mol. The molecular formula is H2Ca3O8Si2. The minimum atomic E-state index is -5.61. The van der Waals surface area contributed by atoms with Crippen molar-refractivity contribution in [2.45, 2.75) is 0 Å². The zero-order valence-corrected chi connectivity index (χ0v) is 15.1. The van der Waals surface area contributed by atoms with Crippen LogP contribution in [0.1, 0.15) is 0 Å². The van der Waals surface area contributed by atoms with Crippen molar-refractivity contribution in [3.8, 4) is 0 Å². The monoisotopic (exact) mass is 306 g/mol. The van der Waals surface area contributed by atoms with Crippen molar-refractivity contribution in [1.82, 2.24) is 0 Å². The molecule has 0 radical (unpaired) electrons. The Kier molecular flexibility index (Phi) is 32.4. The summed E-state index contributed by atoms with van der Waals surface area (Å²) in [6, 6.07) is 0. The summed E-state index contributed by atoms with van der Waals surface area (Å²) in [7, 11) is -10.7. The molecule has 0 unspecified atom stereocenters. The van der Waals surface area contributed by atoms with E-state index in [-0.39, 0.29) is 113 Å². The molecule has 0 rings (SSSR count). The summed E-state index contributed by atoms with van der Waals surface area (Å²) in [6.07, 6.45) is 0. The fourth-order valence-corrected chi connectivity index (χ4v) is 0. The average molecular weight is 306 g/mol. The summed E-state index contributed by atoms with van der Waals surface area (Å²) in [5, 5.41) is 0. The summed E-state index contributed by atoms with van der Waals surface area (Å²) >= 11 is 0. The second-order valence-electron chi connectivity index (χ2n) is 1.05. The van der Waals surface area contributed by atoms with Crippen LogP contribution in [0.3, 0.4) is 0 Å². The van der Waals surface area contributed by atoms with Crippen LogP contribution in [0.15, 0.2) is 0 Å². The molecule has 13 heavy (non-hydrogen) atoms. The fourth-order valence-electron chi connectivity index (χ4n) is 0. The van der Waals surface area contributed by atoms with Gasteiger partial charge in [0.15, 0.2) is 0 Å². The Balaban J connectivity index is -0.0000000267. The van der Waals surface area contributed by atoms with Gasteiger partial charge in [0.25, 0.3) is 0 Å². The van der Waals surface area contributed by atoms with E-state index >= 15 is 0 Å². The van der Waals surface area contributed by atoms with Gasteiger partial charge >= 0.3 is 113 Å². The first kappa shape index (κ1) is 30.2. The number of hydrogen-bond donors (Lipinski definition) is 2. The third-order valence-electron chi connectivity index (χ3n) is 0. The van der Waals surface area contributed by atoms with E-state index in [1.165, 1.54) is 0 Å². The maximum absolute atomic E-state index is 8.80. The van der Waals surface area contributed by atoms with Crippen molar-refractivity contribution in [2.75, 3.05) is 0 Å². The van der Waals surface area contributed by atoms with Crippen LogP contribution in [0.25, 0.3) is 0 Å². The molecule has 0 aromatic heterocycles. The zero-order valence-electron chi connectivity index (χ0n) is 6.47. The summed E-state index contributed by atoms with van der Waals surface area (Å²) in [6.45, 7) is 0. The Morgan fingerprint density at radius 3 is 0.615 bits per heavy atom. The van der Waals surface area contributed by atoms with E-state index in [4.69, 9.17) is 38.4 Å². The summed E-state index contributed by atoms with van der Waals surface area (Å²) in [5.74, 6) is 0. The van der Waals surface area contributed by atoms with Gasteiger partial charge in [0.1, 0.15) is 9.05 Å². The standard InChI is InChI=1S/3Ca.H2O4Si.O4Si/c;;;2*1-5(2,3)4/h;;;1-2H;/q3*+2;-2;-4. The average Bonchev–Trinajstić information content (AvgIpc) is 1.12. The van der Waals surface area contributed by atoms with Gasteiger partial charge in [-0.05, 0) is 0 Å². The van der Waals surface area contributed by atoms with E-state index in [1.807, 2.05) is 0 Å². The van der Waals surface area contributed by atoms with E-state index < -0.39 is 18.1 Å². The predicted octanol–water partition coefficient (Wildman–Crippen LogP) is -10.2. The van der Waals surface area contributed by atoms with Crippen LogP contribution in [-0.4, -0.2) is 141 Å². The molecule has 0 spiro atoms. The summed E-state index contributed by atoms with van der Waals surface area (Å²) in [5.41, 5.74) is 0. The molecule has 64 valence electrons. The third kappa shape index (κ3) is 202. The van der Waals surface area contributed by atoms with Gasteiger partial charge in [0.2, 0.25) is 0 Å². The molecule has 0 amide bonds. The molecule has 0 bridgehead atoms. The van der Waals surface area contributed by atoms with E-state index in [1.54, 1.807) is 0 Å².